The maximum atomic E-state index is 13.0. The largest absolute Gasteiger partial charge is 0.469 e. The van der Waals surface area contributed by atoms with E-state index in [4.69, 9.17) is 4.74 Å². The minimum Gasteiger partial charge on any atom is -0.469 e. The molecule has 4 bridgehead atoms. The Morgan fingerprint density at radius 3 is 2.58 bits per heavy atom. The van der Waals surface area contributed by atoms with E-state index in [2.05, 4.69) is 10.3 Å². The molecule has 2 aromatic rings. The maximum absolute atomic E-state index is 13.0. The minimum absolute atomic E-state index is 0.0665. The first-order valence-electron chi connectivity index (χ1n) is 9.50. The molecule has 5 heteroatoms. The fourth-order valence-corrected chi connectivity index (χ4v) is 6.37. The molecule has 26 heavy (non-hydrogen) atoms. The van der Waals surface area contributed by atoms with Crippen molar-refractivity contribution in [1.29, 1.82) is 0 Å². The van der Waals surface area contributed by atoms with Crippen molar-refractivity contribution in [3.8, 4) is 0 Å². The van der Waals surface area contributed by atoms with Crippen molar-refractivity contribution in [2.24, 2.45) is 17.3 Å². The number of esters is 1. The van der Waals surface area contributed by atoms with Crippen LogP contribution in [0, 0.1) is 17.3 Å². The Morgan fingerprint density at radius 2 is 1.88 bits per heavy atom. The molecule has 4 aliphatic carbocycles. The van der Waals surface area contributed by atoms with Gasteiger partial charge in [-0.05, 0) is 62.5 Å². The molecular formula is C21H24N2O3. The van der Waals surface area contributed by atoms with E-state index in [-0.39, 0.29) is 17.4 Å². The van der Waals surface area contributed by atoms with E-state index >= 15 is 0 Å². The van der Waals surface area contributed by atoms with Crippen molar-refractivity contribution in [2.75, 3.05) is 7.11 Å². The molecule has 0 aliphatic heterocycles. The molecule has 2 unspecified atom stereocenters. The summed E-state index contributed by atoms with van der Waals surface area (Å²) in [5.74, 6) is 0.871. The number of hydrogen-bond acceptors (Lipinski definition) is 3. The first-order chi connectivity index (χ1) is 12.5. The molecule has 1 heterocycles. The number of benzene rings is 1. The number of amides is 1. The predicted octanol–water partition coefficient (Wildman–Crippen LogP) is 3.41. The molecule has 136 valence electrons. The van der Waals surface area contributed by atoms with Gasteiger partial charge in [-0.15, -0.1) is 0 Å². The Balaban J connectivity index is 1.44. The highest BCUT2D eigenvalue weighted by Gasteiger charge is 2.61. The van der Waals surface area contributed by atoms with E-state index < -0.39 is 5.41 Å². The van der Waals surface area contributed by atoms with Crippen LogP contribution in [0.15, 0.2) is 30.3 Å². The zero-order valence-electron chi connectivity index (χ0n) is 15.0. The molecule has 5 nitrogen and oxygen atoms in total. The molecule has 0 radical (unpaired) electrons. The van der Waals surface area contributed by atoms with Gasteiger partial charge in [0.15, 0.2) is 0 Å². The average Bonchev–Trinajstić information content (AvgIpc) is 3.04. The van der Waals surface area contributed by atoms with Crippen molar-refractivity contribution in [2.45, 2.75) is 44.1 Å². The smallest absolute Gasteiger partial charge is 0.311 e. The van der Waals surface area contributed by atoms with Crippen LogP contribution in [0.5, 0.6) is 0 Å². The SMILES string of the molecule is COC(=O)C12CC3CC(CC(NC(=O)c4cc5ccccc5[nH]4)(C3)C1)C2. The average molecular weight is 352 g/mol. The monoisotopic (exact) mass is 352 g/mol. The summed E-state index contributed by atoms with van der Waals surface area (Å²) in [6.07, 6.45) is 5.69. The van der Waals surface area contributed by atoms with Gasteiger partial charge in [-0.3, -0.25) is 9.59 Å². The number of methoxy groups -OCH3 is 1. The number of aromatic amines is 1. The van der Waals surface area contributed by atoms with Crippen LogP contribution in [0.1, 0.15) is 49.0 Å². The maximum Gasteiger partial charge on any atom is 0.311 e. The van der Waals surface area contributed by atoms with Crippen LogP contribution in [-0.4, -0.2) is 29.5 Å². The van der Waals surface area contributed by atoms with E-state index in [1.54, 1.807) is 0 Å². The van der Waals surface area contributed by atoms with Crippen molar-refractivity contribution in [3.05, 3.63) is 36.0 Å². The summed E-state index contributed by atoms with van der Waals surface area (Å²) >= 11 is 0. The van der Waals surface area contributed by atoms with Gasteiger partial charge in [-0.25, -0.2) is 0 Å². The molecule has 1 amide bonds. The zero-order chi connectivity index (χ0) is 17.9. The van der Waals surface area contributed by atoms with Crippen molar-refractivity contribution in [1.82, 2.24) is 10.3 Å². The van der Waals surface area contributed by atoms with Gasteiger partial charge in [0.05, 0.1) is 12.5 Å². The van der Waals surface area contributed by atoms with Crippen LogP contribution >= 0.6 is 0 Å². The van der Waals surface area contributed by atoms with Crippen molar-refractivity contribution < 1.29 is 14.3 Å². The molecule has 6 rings (SSSR count). The first kappa shape index (κ1) is 15.9. The summed E-state index contributed by atoms with van der Waals surface area (Å²) < 4.78 is 5.15. The highest BCUT2D eigenvalue weighted by atomic mass is 16.5. The van der Waals surface area contributed by atoms with Gasteiger partial charge in [0.2, 0.25) is 0 Å². The second kappa shape index (κ2) is 5.35. The number of nitrogens with one attached hydrogen (secondary N) is 2. The van der Waals surface area contributed by atoms with E-state index in [1.165, 1.54) is 13.5 Å². The van der Waals surface area contributed by atoms with Gasteiger partial charge >= 0.3 is 5.97 Å². The Kier molecular flexibility index (Phi) is 3.27. The Morgan fingerprint density at radius 1 is 1.15 bits per heavy atom. The molecule has 1 aromatic heterocycles. The van der Waals surface area contributed by atoms with Gasteiger partial charge in [-0.1, -0.05) is 18.2 Å². The summed E-state index contributed by atoms with van der Waals surface area (Å²) in [6.45, 7) is 0. The number of H-pyrrole nitrogens is 1. The molecule has 4 fully saturated rings. The van der Waals surface area contributed by atoms with E-state index in [0.717, 1.165) is 36.6 Å². The van der Waals surface area contributed by atoms with Crippen LogP contribution in [0.25, 0.3) is 10.9 Å². The summed E-state index contributed by atoms with van der Waals surface area (Å²) in [7, 11) is 1.48. The third-order valence-electron chi connectivity index (χ3n) is 6.83. The highest BCUT2D eigenvalue weighted by Crippen LogP contribution is 2.62. The van der Waals surface area contributed by atoms with Gasteiger partial charge in [-0.2, -0.15) is 0 Å². The van der Waals surface area contributed by atoms with Gasteiger partial charge in [0.1, 0.15) is 5.69 Å². The Hall–Kier alpha value is -2.30. The lowest BCUT2D eigenvalue weighted by atomic mass is 9.47. The van der Waals surface area contributed by atoms with Gasteiger partial charge in [0.25, 0.3) is 5.91 Å². The van der Waals surface area contributed by atoms with Crippen LogP contribution < -0.4 is 5.32 Å². The number of ether oxygens (including phenoxy) is 1. The van der Waals surface area contributed by atoms with Crippen LogP contribution in [0.2, 0.25) is 0 Å². The number of carbonyl (C=O) groups is 2. The highest BCUT2D eigenvalue weighted by molar-refractivity contribution is 5.98. The van der Waals surface area contributed by atoms with Crippen LogP contribution in [0.3, 0.4) is 0 Å². The Labute approximate surface area is 152 Å². The van der Waals surface area contributed by atoms with Gasteiger partial charge in [0, 0.05) is 16.4 Å². The normalized spacial score (nSPS) is 34.8. The van der Waals surface area contributed by atoms with Crippen molar-refractivity contribution >= 4 is 22.8 Å². The van der Waals surface area contributed by atoms with E-state index in [1.807, 2.05) is 30.3 Å². The standard InChI is InChI=1S/C21H24N2O3/c1-26-19(25)20-8-13-6-14(9-20)11-21(10-13,12-20)23-18(24)17-7-15-4-2-3-5-16(15)22-17/h2-5,7,13-14,22H,6,8-12H2,1H3,(H,23,24). The lowest BCUT2D eigenvalue weighted by Gasteiger charge is -2.60. The zero-order valence-corrected chi connectivity index (χ0v) is 15.0. The lowest BCUT2D eigenvalue weighted by molar-refractivity contribution is -0.171. The number of fused-ring (bicyclic) bond motifs is 1. The number of rotatable bonds is 3. The Bertz CT molecular complexity index is 853. The summed E-state index contributed by atoms with van der Waals surface area (Å²) in [4.78, 5) is 28.7. The van der Waals surface area contributed by atoms with E-state index in [9.17, 15) is 9.59 Å². The van der Waals surface area contributed by atoms with Gasteiger partial charge < -0.3 is 15.0 Å². The number of carbonyl (C=O) groups excluding carboxylic acids is 2. The molecule has 2 atom stereocenters. The summed E-state index contributed by atoms with van der Waals surface area (Å²) in [5, 5.41) is 4.36. The molecule has 0 saturated heterocycles. The second-order valence-corrected chi connectivity index (χ2v) is 8.74. The number of aromatic nitrogens is 1. The van der Waals surface area contributed by atoms with E-state index in [0.29, 0.717) is 24.0 Å². The quantitative estimate of drug-likeness (QED) is 0.832. The fourth-order valence-electron chi connectivity index (χ4n) is 6.37. The third-order valence-corrected chi connectivity index (χ3v) is 6.83. The van der Waals surface area contributed by atoms with Crippen LogP contribution in [0.4, 0.5) is 0 Å². The fraction of sp³-hybridized carbons (Fsp3) is 0.524. The molecule has 4 saturated carbocycles. The molecule has 2 N–H and O–H groups in total. The summed E-state index contributed by atoms with van der Waals surface area (Å²) in [6, 6.07) is 9.81. The lowest BCUT2D eigenvalue weighted by Crippen LogP contribution is -2.64. The molecule has 0 spiro atoms. The first-order valence-corrected chi connectivity index (χ1v) is 9.50. The molecule has 4 aliphatic rings. The third kappa shape index (κ3) is 2.29. The second-order valence-electron chi connectivity index (χ2n) is 8.74. The number of hydrogen-bond donors (Lipinski definition) is 2. The minimum atomic E-state index is -0.396. The molecular weight excluding hydrogens is 328 g/mol. The topological polar surface area (TPSA) is 71.2 Å². The van der Waals surface area contributed by atoms with Crippen molar-refractivity contribution in [3.63, 3.8) is 0 Å². The molecule has 1 aromatic carbocycles. The van der Waals surface area contributed by atoms with Crippen LogP contribution in [-0.2, 0) is 9.53 Å². The predicted molar refractivity (Wildman–Crippen MR) is 97.6 cm³/mol. The summed E-state index contributed by atoms with van der Waals surface area (Å²) in [5.41, 5.74) is 0.891. The number of para-hydroxylation sites is 1.